The number of esters is 1. The minimum atomic E-state index is -0.561. The van der Waals surface area contributed by atoms with E-state index in [2.05, 4.69) is 0 Å². The monoisotopic (exact) mass is 335 g/mol. The molecule has 0 N–H and O–H groups in total. The molecule has 132 valence electrons. The summed E-state index contributed by atoms with van der Waals surface area (Å²) in [5.41, 5.74) is 0.991. The minimum Gasteiger partial charge on any atom is -0.494 e. The number of amides is 1. The summed E-state index contributed by atoms with van der Waals surface area (Å²) in [4.78, 5) is 26.1. The first-order valence-electron chi connectivity index (χ1n) is 8.21. The summed E-state index contributed by atoms with van der Waals surface area (Å²) >= 11 is 0. The normalized spacial score (nSPS) is 20.0. The zero-order valence-corrected chi connectivity index (χ0v) is 14.5. The van der Waals surface area contributed by atoms with E-state index < -0.39 is 12.0 Å². The number of nitrogens with zero attached hydrogens (tertiary/aromatic N) is 1. The predicted molar refractivity (Wildman–Crippen MR) is 88.9 cm³/mol. The van der Waals surface area contributed by atoms with Crippen molar-refractivity contribution in [3.05, 3.63) is 29.8 Å². The fourth-order valence-corrected chi connectivity index (χ4v) is 3.00. The molecule has 0 bridgehead atoms. The Kier molecular flexibility index (Phi) is 6.61. The van der Waals surface area contributed by atoms with Crippen LogP contribution in [0.4, 0.5) is 0 Å². The van der Waals surface area contributed by atoms with Crippen LogP contribution in [0.25, 0.3) is 0 Å². The fraction of sp³-hybridized carbons (Fsp3) is 0.556. The first-order valence-corrected chi connectivity index (χ1v) is 8.21. The Balaban J connectivity index is 2.02. The Morgan fingerprint density at radius 3 is 2.67 bits per heavy atom. The molecule has 0 aliphatic carbocycles. The van der Waals surface area contributed by atoms with Gasteiger partial charge < -0.3 is 19.1 Å². The Morgan fingerprint density at radius 2 is 2.00 bits per heavy atom. The van der Waals surface area contributed by atoms with Crippen LogP contribution in [-0.4, -0.2) is 56.3 Å². The molecule has 1 heterocycles. The molecule has 1 aliphatic heterocycles. The van der Waals surface area contributed by atoms with E-state index >= 15 is 0 Å². The molecule has 0 saturated carbocycles. The maximum absolute atomic E-state index is 12.6. The smallest absolute Gasteiger partial charge is 0.328 e. The number of hydrogen-bond acceptors (Lipinski definition) is 5. The van der Waals surface area contributed by atoms with Crippen molar-refractivity contribution in [2.45, 2.75) is 38.3 Å². The highest BCUT2D eigenvalue weighted by molar-refractivity contribution is 5.85. The summed E-state index contributed by atoms with van der Waals surface area (Å²) in [5.74, 6) is 0.336. The second kappa shape index (κ2) is 8.68. The first-order chi connectivity index (χ1) is 11.6. The van der Waals surface area contributed by atoms with E-state index in [1.807, 2.05) is 31.2 Å². The standard InChI is InChI=1S/C18H25NO5/c1-4-24-16-8-6-5-7-13(16)9-10-17(20)19-12-14(22-2)11-15(19)18(21)23-3/h5-8,14-15H,4,9-12H2,1-3H3/t14-,15-/m1/s1. The summed E-state index contributed by atoms with van der Waals surface area (Å²) in [5, 5.41) is 0. The van der Waals surface area contributed by atoms with Crippen molar-refractivity contribution in [3.63, 3.8) is 0 Å². The van der Waals surface area contributed by atoms with E-state index in [0.29, 0.717) is 32.4 Å². The molecule has 6 nitrogen and oxygen atoms in total. The molecule has 0 radical (unpaired) electrons. The molecule has 1 saturated heterocycles. The molecule has 1 fully saturated rings. The van der Waals surface area contributed by atoms with Crippen LogP contribution in [0.2, 0.25) is 0 Å². The lowest BCUT2D eigenvalue weighted by atomic mass is 10.1. The molecular formula is C18H25NO5. The van der Waals surface area contributed by atoms with E-state index in [0.717, 1.165) is 11.3 Å². The molecule has 2 rings (SSSR count). The molecular weight excluding hydrogens is 310 g/mol. The van der Waals surface area contributed by atoms with Crippen LogP contribution >= 0.6 is 0 Å². The van der Waals surface area contributed by atoms with Gasteiger partial charge in [-0.2, -0.15) is 0 Å². The average molecular weight is 335 g/mol. The number of ether oxygens (including phenoxy) is 3. The molecule has 0 spiro atoms. The largest absolute Gasteiger partial charge is 0.494 e. The lowest BCUT2D eigenvalue weighted by Gasteiger charge is -2.22. The molecule has 24 heavy (non-hydrogen) atoms. The summed E-state index contributed by atoms with van der Waals surface area (Å²) in [6, 6.07) is 7.13. The van der Waals surface area contributed by atoms with Crippen LogP contribution in [0, 0.1) is 0 Å². The highest BCUT2D eigenvalue weighted by Crippen LogP contribution is 2.24. The quantitative estimate of drug-likeness (QED) is 0.711. The highest BCUT2D eigenvalue weighted by Gasteiger charge is 2.40. The lowest BCUT2D eigenvalue weighted by molar-refractivity contribution is -0.150. The van der Waals surface area contributed by atoms with Gasteiger partial charge in [-0.15, -0.1) is 0 Å². The van der Waals surface area contributed by atoms with Crippen LogP contribution in [0.3, 0.4) is 0 Å². The maximum atomic E-state index is 12.6. The van der Waals surface area contributed by atoms with Gasteiger partial charge >= 0.3 is 5.97 Å². The number of aryl methyl sites for hydroxylation is 1. The Labute approximate surface area is 142 Å². The predicted octanol–water partition coefficient (Wildman–Crippen LogP) is 1.81. The van der Waals surface area contributed by atoms with Gasteiger partial charge in [0.2, 0.25) is 5.91 Å². The number of likely N-dealkylation sites (tertiary alicyclic amines) is 1. The van der Waals surface area contributed by atoms with Crippen molar-refractivity contribution in [3.8, 4) is 5.75 Å². The average Bonchev–Trinajstić information content (AvgIpc) is 3.05. The second-order valence-corrected chi connectivity index (χ2v) is 5.72. The van der Waals surface area contributed by atoms with Gasteiger partial charge in [0, 0.05) is 26.5 Å². The molecule has 1 aliphatic rings. The second-order valence-electron chi connectivity index (χ2n) is 5.72. The number of carbonyl (C=O) groups is 2. The van der Waals surface area contributed by atoms with Gasteiger partial charge in [0.15, 0.2) is 0 Å². The zero-order chi connectivity index (χ0) is 17.5. The van der Waals surface area contributed by atoms with E-state index in [-0.39, 0.29) is 12.0 Å². The maximum Gasteiger partial charge on any atom is 0.328 e. The summed E-state index contributed by atoms with van der Waals surface area (Å²) in [6.45, 7) is 2.93. The van der Waals surface area contributed by atoms with Crippen molar-refractivity contribution in [1.82, 2.24) is 4.90 Å². The molecule has 1 amide bonds. The lowest BCUT2D eigenvalue weighted by Crippen LogP contribution is -2.41. The van der Waals surface area contributed by atoms with Crippen LogP contribution in [0.5, 0.6) is 5.75 Å². The summed E-state index contributed by atoms with van der Waals surface area (Å²) in [7, 11) is 2.93. The Morgan fingerprint density at radius 1 is 1.25 bits per heavy atom. The van der Waals surface area contributed by atoms with Crippen LogP contribution in [0.15, 0.2) is 24.3 Å². The molecule has 0 unspecified atom stereocenters. The molecule has 6 heteroatoms. The topological polar surface area (TPSA) is 65.1 Å². The van der Waals surface area contributed by atoms with E-state index in [9.17, 15) is 9.59 Å². The number of methoxy groups -OCH3 is 2. The third-order valence-corrected chi connectivity index (χ3v) is 4.27. The van der Waals surface area contributed by atoms with E-state index in [1.165, 1.54) is 7.11 Å². The molecule has 1 aromatic carbocycles. The Bertz CT molecular complexity index is 574. The zero-order valence-electron chi connectivity index (χ0n) is 14.5. The van der Waals surface area contributed by atoms with Crippen molar-refractivity contribution in [2.24, 2.45) is 0 Å². The van der Waals surface area contributed by atoms with Gasteiger partial charge in [-0.1, -0.05) is 18.2 Å². The summed E-state index contributed by atoms with van der Waals surface area (Å²) in [6.07, 6.45) is 1.23. The molecule has 2 atom stereocenters. The van der Waals surface area contributed by atoms with Crippen molar-refractivity contribution >= 4 is 11.9 Å². The van der Waals surface area contributed by atoms with Crippen LogP contribution in [0.1, 0.15) is 25.3 Å². The number of carbonyl (C=O) groups excluding carboxylic acids is 2. The number of hydrogen-bond donors (Lipinski definition) is 0. The van der Waals surface area contributed by atoms with Gasteiger partial charge in [-0.05, 0) is 25.0 Å². The van der Waals surface area contributed by atoms with E-state index in [4.69, 9.17) is 14.2 Å². The van der Waals surface area contributed by atoms with Crippen molar-refractivity contribution in [1.29, 1.82) is 0 Å². The van der Waals surface area contributed by atoms with Gasteiger partial charge in [0.25, 0.3) is 0 Å². The van der Waals surface area contributed by atoms with Crippen LogP contribution < -0.4 is 4.74 Å². The fourth-order valence-electron chi connectivity index (χ4n) is 3.00. The van der Waals surface area contributed by atoms with Gasteiger partial charge in [0.05, 0.1) is 19.8 Å². The number of benzene rings is 1. The highest BCUT2D eigenvalue weighted by atomic mass is 16.5. The van der Waals surface area contributed by atoms with Gasteiger partial charge in [-0.3, -0.25) is 4.79 Å². The van der Waals surface area contributed by atoms with E-state index in [1.54, 1.807) is 12.0 Å². The molecule has 0 aromatic heterocycles. The SMILES string of the molecule is CCOc1ccccc1CCC(=O)N1C[C@H](OC)C[C@@H]1C(=O)OC. The van der Waals surface area contributed by atoms with Crippen molar-refractivity contribution in [2.75, 3.05) is 27.4 Å². The first kappa shape index (κ1) is 18.3. The minimum absolute atomic E-state index is 0.0729. The molecule has 1 aromatic rings. The third kappa shape index (κ3) is 4.26. The number of rotatable bonds is 7. The van der Waals surface area contributed by atoms with Gasteiger partial charge in [0.1, 0.15) is 11.8 Å². The number of para-hydroxylation sites is 1. The third-order valence-electron chi connectivity index (χ3n) is 4.27. The summed E-state index contributed by atoms with van der Waals surface area (Å²) < 4.78 is 15.7. The Hall–Kier alpha value is -2.08. The van der Waals surface area contributed by atoms with Crippen molar-refractivity contribution < 1.29 is 23.8 Å². The van der Waals surface area contributed by atoms with Gasteiger partial charge in [-0.25, -0.2) is 4.79 Å². The van der Waals surface area contributed by atoms with Crippen LogP contribution in [-0.2, 0) is 25.5 Å².